The molecule has 15 heteroatoms. The zero-order valence-electron chi connectivity index (χ0n) is 20.4. The van der Waals surface area contributed by atoms with E-state index in [1.54, 1.807) is 24.3 Å². The van der Waals surface area contributed by atoms with E-state index in [0.29, 0.717) is 11.3 Å². The Morgan fingerprint density at radius 1 is 0.694 bits per heavy atom. The molecule has 0 aliphatic carbocycles. The maximum absolute atomic E-state index is 12.3. The molecule has 2 heterocycles. The van der Waals surface area contributed by atoms with Crippen LogP contribution in [0.15, 0.2) is 24.3 Å². The Labute approximate surface area is 207 Å². The SMILES string of the molecule is COC(=O)[C@@H]1OB(C[C@@H](B2O[C@@H](C(=O)OC)[C@H](C(=O)OC)O2)c2ccc(OC)cc2)O[C@H]1C(=O)OC. The molecule has 0 spiro atoms. The van der Waals surface area contributed by atoms with Crippen molar-refractivity contribution in [3.63, 3.8) is 0 Å². The molecule has 2 saturated heterocycles. The van der Waals surface area contributed by atoms with Crippen LogP contribution in [0.25, 0.3) is 0 Å². The Morgan fingerprint density at radius 2 is 1.08 bits per heavy atom. The maximum Gasteiger partial charge on any atom is 0.465 e. The van der Waals surface area contributed by atoms with Crippen LogP contribution in [-0.4, -0.2) is 98.1 Å². The fourth-order valence-electron chi connectivity index (χ4n) is 3.91. The molecule has 194 valence electrons. The van der Waals surface area contributed by atoms with Crippen molar-refractivity contribution in [1.29, 1.82) is 0 Å². The van der Waals surface area contributed by atoms with Crippen molar-refractivity contribution in [2.24, 2.45) is 0 Å². The number of benzene rings is 1. The molecular formula is C21H26B2O13. The van der Waals surface area contributed by atoms with Gasteiger partial charge >= 0.3 is 38.1 Å². The summed E-state index contributed by atoms with van der Waals surface area (Å²) in [6.45, 7) is 0. The molecule has 0 saturated carbocycles. The average Bonchev–Trinajstić information content (AvgIpc) is 3.55. The molecule has 1 aromatic rings. The molecule has 13 nitrogen and oxygen atoms in total. The first-order valence-electron chi connectivity index (χ1n) is 10.8. The minimum Gasteiger partial charge on any atom is -0.497 e. The molecular weight excluding hydrogens is 482 g/mol. The highest BCUT2D eigenvalue weighted by molar-refractivity contribution is 6.54. The number of esters is 4. The summed E-state index contributed by atoms with van der Waals surface area (Å²) in [5.74, 6) is -3.43. The normalized spacial score (nSPS) is 24.1. The smallest absolute Gasteiger partial charge is 0.465 e. The second-order valence-corrected chi connectivity index (χ2v) is 7.73. The summed E-state index contributed by atoms with van der Waals surface area (Å²) in [6.07, 6.45) is -5.51. The molecule has 0 bridgehead atoms. The van der Waals surface area contributed by atoms with Crippen LogP contribution in [-0.2, 0) is 56.7 Å². The standard InChI is InChI=1S/C21H26B2O13/c1-28-12-8-6-11(7-9-12)13(23-35-16(20(26)31-4)17(36-23)21(27)32-5)10-22-33-14(18(24)29-2)15(34-22)19(25)30-3/h6-9,13-17H,10H2,1-5H3/t13-,14-,15-,16-,17-/m1/s1. The molecule has 0 unspecified atom stereocenters. The summed E-state index contributed by atoms with van der Waals surface area (Å²) in [5.41, 5.74) is 0.637. The van der Waals surface area contributed by atoms with Crippen LogP contribution >= 0.6 is 0 Å². The van der Waals surface area contributed by atoms with E-state index in [1.807, 2.05) is 0 Å². The molecule has 0 amide bonds. The molecule has 1 aromatic carbocycles. The van der Waals surface area contributed by atoms with Gasteiger partial charge in [0.25, 0.3) is 0 Å². The van der Waals surface area contributed by atoms with Crippen LogP contribution in [0, 0.1) is 0 Å². The molecule has 3 rings (SSSR count). The predicted molar refractivity (Wildman–Crippen MR) is 120 cm³/mol. The van der Waals surface area contributed by atoms with E-state index in [9.17, 15) is 19.2 Å². The van der Waals surface area contributed by atoms with Gasteiger partial charge in [0.2, 0.25) is 0 Å². The van der Waals surface area contributed by atoms with Gasteiger partial charge in [0.05, 0.1) is 35.5 Å². The number of carbonyl (C=O) groups is 4. The number of methoxy groups -OCH3 is 5. The topological polar surface area (TPSA) is 151 Å². The lowest BCUT2D eigenvalue weighted by atomic mass is 9.58. The predicted octanol–water partition coefficient (Wildman–Crippen LogP) is -0.446. The van der Waals surface area contributed by atoms with Crippen molar-refractivity contribution < 1.29 is 61.5 Å². The van der Waals surface area contributed by atoms with E-state index in [-0.39, 0.29) is 6.32 Å². The van der Waals surface area contributed by atoms with Crippen LogP contribution in [0.2, 0.25) is 6.32 Å². The van der Waals surface area contributed by atoms with Gasteiger partial charge in [-0.05, 0) is 24.0 Å². The van der Waals surface area contributed by atoms with E-state index < -0.39 is 68.3 Å². The van der Waals surface area contributed by atoms with Gasteiger partial charge in [-0.1, -0.05) is 12.1 Å². The number of ether oxygens (including phenoxy) is 5. The van der Waals surface area contributed by atoms with Crippen molar-refractivity contribution in [3.8, 4) is 5.75 Å². The second kappa shape index (κ2) is 12.2. The third kappa shape index (κ3) is 5.81. The van der Waals surface area contributed by atoms with E-state index >= 15 is 0 Å². The Bertz CT molecular complexity index is 908. The van der Waals surface area contributed by atoms with E-state index in [2.05, 4.69) is 0 Å². The van der Waals surface area contributed by atoms with Crippen LogP contribution in [0.1, 0.15) is 11.4 Å². The third-order valence-corrected chi connectivity index (χ3v) is 5.76. The van der Waals surface area contributed by atoms with E-state index in [4.69, 9.17) is 42.3 Å². The quantitative estimate of drug-likeness (QED) is 0.241. The Hall–Kier alpha value is -3.13. The number of rotatable bonds is 9. The van der Waals surface area contributed by atoms with Gasteiger partial charge in [0.1, 0.15) is 5.75 Å². The zero-order chi connectivity index (χ0) is 26.4. The van der Waals surface area contributed by atoms with Gasteiger partial charge in [0.15, 0.2) is 24.4 Å². The lowest BCUT2D eigenvalue weighted by molar-refractivity contribution is -0.160. The highest BCUT2D eigenvalue weighted by atomic mass is 16.7. The summed E-state index contributed by atoms with van der Waals surface area (Å²) >= 11 is 0. The fraction of sp³-hybridized carbons (Fsp3) is 0.524. The number of hydrogen-bond acceptors (Lipinski definition) is 13. The second-order valence-electron chi connectivity index (χ2n) is 7.73. The number of carbonyl (C=O) groups excluding carboxylic acids is 4. The first kappa shape index (κ1) is 27.5. The lowest BCUT2D eigenvalue weighted by Crippen LogP contribution is -2.38. The maximum atomic E-state index is 12.3. The van der Waals surface area contributed by atoms with Crippen LogP contribution in [0.5, 0.6) is 5.75 Å². The van der Waals surface area contributed by atoms with Crippen LogP contribution in [0.4, 0.5) is 0 Å². The average molecular weight is 508 g/mol. The zero-order valence-corrected chi connectivity index (χ0v) is 20.4. The first-order valence-corrected chi connectivity index (χ1v) is 10.8. The molecule has 5 atom stereocenters. The Morgan fingerprint density at radius 3 is 1.44 bits per heavy atom. The molecule has 2 aliphatic heterocycles. The van der Waals surface area contributed by atoms with Gasteiger partial charge < -0.3 is 42.3 Å². The summed E-state index contributed by atoms with van der Waals surface area (Å²) in [4.78, 5) is 48.9. The minimum atomic E-state index is -1.38. The molecule has 0 radical (unpaired) electrons. The summed E-state index contributed by atoms with van der Waals surface area (Å²) in [6, 6.07) is 6.83. The molecule has 0 N–H and O–H groups in total. The third-order valence-electron chi connectivity index (χ3n) is 5.76. The van der Waals surface area contributed by atoms with Gasteiger partial charge in [-0.2, -0.15) is 0 Å². The summed E-state index contributed by atoms with van der Waals surface area (Å²) < 4.78 is 47.1. The monoisotopic (exact) mass is 508 g/mol. The van der Waals surface area contributed by atoms with Crippen molar-refractivity contribution in [2.75, 3.05) is 35.5 Å². The van der Waals surface area contributed by atoms with Gasteiger partial charge in [-0.25, -0.2) is 19.2 Å². The van der Waals surface area contributed by atoms with Crippen LogP contribution in [0.3, 0.4) is 0 Å². The van der Waals surface area contributed by atoms with E-state index in [0.717, 1.165) is 28.4 Å². The van der Waals surface area contributed by atoms with Gasteiger partial charge in [-0.3, -0.25) is 0 Å². The lowest BCUT2D eigenvalue weighted by Gasteiger charge is -2.21. The number of hydrogen-bond donors (Lipinski definition) is 0. The Kier molecular flexibility index (Phi) is 9.31. The molecule has 0 aromatic heterocycles. The van der Waals surface area contributed by atoms with Crippen LogP contribution < -0.4 is 4.74 Å². The first-order chi connectivity index (χ1) is 17.3. The highest BCUT2D eigenvalue weighted by Crippen LogP contribution is 2.36. The summed E-state index contributed by atoms with van der Waals surface area (Å²) in [5, 5.41) is 0. The fourth-order valence-corrected chi connectivity index (χ4v) is 3.91. The van der Waals surface area contributed by atoms with E-state index in [1.165, 1.54) is 7.11 Å². The molecule has 36 heavy (non-hydrogen) atoms. The van der Waals surface area contributed by atoms with Crippen molar-refractivity contribution in [1.82, 2.24) is 0 Å². The minimum absolute atomic E-state index is 0.0141. The summed E-state index contributed by atoms with van der Waals surface area (Å²) in [7, 11) is 3.83. The largest absolute Gasteiger partial charge is 0.497 e. The van der Waals surface area contributed by atoms with Crippen molar-refractivity contribution in [2.45, 2.75) is 36.6 Å². The Balaban J connectivity index is 1.91. The molecule has 2 aliphatic rings. The van der Waals surface area contributed by atoms with Crippen molar-refractivity contribution >= 4 is 38.1 Å². The van der Waals surface area contributed by atoms with Gasteiger partial charge in [0, 0.05) is 5.82 Å². The van der Waals surface area contributed by atoms with Gasteiger partial charge in [-0.15, -0.1) is 0 Å². The molecule has 2 fully saturated rings. The highest BCUT2D eigenvalue weighted by Gasteiger charge is 2.55. The van der Waals surface area contributed by atoms with Crippen molar-refractivity contribution in [3.05, 3.63) is 29.8 Å².